The molecule has 1 unspecified atom stereocenters. The number of aryl methyl sites for hydroxylation is 2. The maximum absolute atomic E-state index is 11.9. The fourth-order valence-electron chi connectivity index (χ4n) is 1.93. The third-order valence-electron chi connectivity index (χ3n) is 3.11. The van der Waals surface area contributed by atoms with Crippen LogP contribution in [0.2, 0.25) is 0 Å². The first kappa shape index (κ1) is 16.0. The first-order valence-electron chi connectivity index (χ1n) is 6.61. The van der Waals surface area contributed by atoms with E-state index >= 15 is 0 Å². The first-order valence-corrected chi connectivity index (χ1v) is 6.61. The zero-order chi connectivity index (χ0) is 14.3. The summed E-state index contributed by atoms with van der Waals surface area (Å²) in [6.07, 6.45) is 0.0425. The van der Waals surface area contributed by atoms with Gasteiger partial charge in [-0.2, -0.15) is 5.10 Å². The van der Waals surface area contributed by atoms with Gasteiger partial charge in [-0.1, -0.05) is 6.92 Å². The fourth-order valence-corrected chi connectivity index (χ4v) is 1.93. The topological polar surface area (TPSA) is 39.1 Å². The van der Waals surface area contributed by atoms with Crippen molar-refractivity contribution >= 4 is 0 Å². The van der Waals surface area contributed by atoms with Crippen LogP contribution in [-0.2, 0) is 24.6 Å². The molecule has 1 atom stereocenters. The van der Waals surface area contributed by atoms with Crippen molar-refractivity contribution in [2.45, 2.75) is 38.7 Å². The molecule has 4 nitrogen and oxygen atoms in total. The quantitative estimate of drug-likeness (QED) is 0.698. The number of rotatable bonds is 9. The van der Waals surface area contributed by atoms with Crippen LogP contribution in [-0.4, -0.2) is 42.5 Å². The summed E-state index contributed by atoms with van der Waals surface area (Å²) in [5, 5.41) is 7.58. The molecule has 1 rings (SSSR count). The van der Waals surface area contributed by atoms with Crippen LogP contribution in [0.15, 0.2) is 6.07 Å². The molecule has 6 heteroatoms. The number of nitrogens with one attached hydrogen (secondary N) is 1. The minimum absolute atomic E-state index is 0.206. The average molecular weight is 275 g/mol. The van der Waals surface area contributed by atoms with Crippen molar-refractivity contribution in [2.24, 2.45) is 7.05 Å². The van der Waals surface area contributed by atoms with E-state index in [0.29, 0.717) is 13.0 Å². The minimum Gasteiger partial charge on any atom is -0.375 e. The largest absolute Gasteiger partial charge is 0.375 e. The van der Waals surface area contributed by atoms with Crippen LogP contribution in [0.3, 0.4) is 0 Å². The molecule has 0 spiro atoms. The van der Waals surface area contributed by atoms with E-state index in [0.717, 1.165) is 24.2 Å². The summed E-state index contributed by atoms with van der Waals surface area (Å²) in [6, 6.07) is 2.29. The van der Waals surface area contributed by atoms with E-state index in [9.17, 15) is 8.78 Å². The van der Waals surface area contributed by atoms with Crippen LogP contribution in [0.5, 0.6) is 0 Å². The Kier molecular flexibility index (Phi) is 6.94. The lowest BCUT2D eigenvalue weighted by Gasteiger charge is -2.16. The highest BCUT2D eigenvalue weighted by atomic mass is 19.3. The van der Waals surface area contributed by atoms with E-state index in [1.54, 1.807) is 0 Å². The van der Waals surface area contributed by atoms with Crippen molar-refractivity contribution in [3.8, 4) is 0 Å². The van der Waals surface area contributed by atoms with Crippen molar-refractivity contribution in [3.63, 3.8) is 0 Å². The second-order valence-electron chi connectivity index (χ2n) is 4.55. The van der Waals surface area contributed by atoms with Crippen LogP contribution in [0.1, 0.15) is 24.7 Å². The average Bonchev–Trinajstić information content (AvgIpc) is 2.73. The molecule has 1 aromatic rings. The molecule has 110 valence electrons. The molecule has 0 saturated heterocycles. The number of hydrogen-bond donors (Lipinski definition) is 1. The molecule has 0 amide bonds. The van der Waals surface area contributed by atoms with Gasteiger partial charge >= 0.3 is 0 Å². The van der Waals surface area contributed by atoms with Gasteiger partial charge in [-0.05, 0) is 26.0 Å². The van der Waals surface area contributed by atoms with Gasteiger partial charge in [0.05, 0.1) is 5.69 Å². The third-order valence-corrected chi connectivity index (χ3v) is 3.11. The number of ether oxygens (including phenoxy) is 1. The van der Waals surface area contributed by atoms with Gasteiger partial charge in [-0.25, -0.2) is 8.78 Å². The Bertz CT molecular complexity index is 369. The predicted molar refractivity (Wildman–Crippen MR) is 70.6 cm³/mol. The number of likely N-dealkylation sites (N-methyl/N-ethyl adjacent to an activating group) is 1. The second-order valence-corrected chi connectivity index (χ2v) is 4.55. The summed E-state index contributed by atoms with van der Waals surface area (Å²) in [5.74, 6) is 0. The van der Waals surface area contributed by atoms with Gasteiger partial charge in [-0.3, -0.25) is 4.68 Å². The first-order chi connectivity index (χ1) is 9.06. The maximum atomic E-state index is 11.9. The van der Waals surface area contributed by atoms with Crippen LogP contribution in [0.25, 0.3) is 0 Å². The maximum Gasteiger partial charge on any atom is 0.261 e. The minimum atomic E-state index is -2.39. The van der Waals surface area contributed by atoms with E-state index in [2.05, 4.69) is 23.4 Å². The van der Waals surface area contributed by atoms with E-state index in [4.69, 9.17) is 4.74 Å². The highest BCUT2D eigenvalue weighted by Gasteiger charge is 2.12. The number of halogens is 2. The highest BCUT2D eigenvalue weighted by molar-refractivity contribution is 5.11. The van der Waals surface area contributed by atoms with E-state index in [1.165, 1.54) is 0 Å². The van der Waals surface area contributed by atoms with Crippen molar-refractivity contribution in [2.75, 3.05) is 20.3 Å². The molecule has 19 heavy (non-hydrogen) atoms. The zero-order valence-corrected chi connectivity index (χ0v) is 11.8. The van der Waals surface area contributed by atoms with E-state index in [1.807, 2.05) is 18.8 Å². The summed E-state index contributed by atoms with van der Waals surface area (Å²) < 4.78 is 30.6. The summed E-state index contributed by atoms with van der Waals surface area (Å²) in [5.41, 5.74) is 2.21. The van der Waals surface area contributed by atoms with Gasteiger partial charge in [0.2, 0.25) is 0 Å². The van der Waals surface area contributed by atoms with Crippen molar-refractivity contribution in [1.82, 2.24) is 15.1 Å². The second kappa shape index (κ2) is 8.22. The standard InChI is InChI=1S/C13H23F2N3O/c1-4-10-7-12(18(3)17-10)8-11(16-2)5-6-19-9-13(14)15/h7,11,13,16H,4-6,8-9H2,1-3H3. The normalized spacial score (nSPS) is 13.2. The van der Waals surface area contributed by atoms with Gasteiger partial charge in [-0.15, -0.1) is 0 Å². The number of alkyl halides is 2. The lowest BCUT2D eigenvalue weighted by atomic mass is 10.1. The van der Waals surface area contributed by atoms with Crippen LogP contribution >= 0.6 is 0 Å². The summed E-state index contributed by atoms with van der Waals surface area (Å²) >= 11 is 0. The van der Waals surface area contributed by atoms with Gasteiger partial charge in [0, 0.05) is 31.8 Å². The molecule has 1 aromatic heterocycles. The number of aromatic nitrogens is 2. The Morgan fingerprint density at radius 2 is 2.21 bits per heavy atom. The number of nitrogens with zero attached hydrogens (tertiary/aromatic N) is 2. The molecule has 0 saturated carbocycles. The van der Waals surface area contributed by atoms with Crippen LogP contribution in [0, 0.1) is 0 Å². The van der Waals surface area contributed by atoms with E-state index < -0.39 is 13.0 Å². The zero-order valence-electron chi connectivity index (χ0n) is 11.8. The Balaban J connectivity index is 2.40. The Morgan fingerprint density at radius 1 is 1.47 bits per heavy atom. The van der Waals surface area contributed by atoms with Gasteiger partial charge < -0.3 is 10.1 Å². The molecular formula is C13H23F2N3O. The molecule has 0 aliphatic carbocycles. The Morgan fingerprint density at radius 3 is 2.74 bits per heavy atom. The van der Waals surface area contributed by atoms with Gasteiger partial charge in [0.25, 0.3) is 6.43 Å². The Labute approximate surface area is 113 Å². The van der Waals surface area contributed by atoms with Gasteiger partial charge in [0.1, 0.15) is 6.61 Å². The Hall–Kier alpha value is -1.01. The van der Waals surface area contributed by atoms with E-state index in [-0.39, 0.29) is 6.04 Å². The molecule has 0 bridgehead atoms. The van der Waals surface area contributed by atoms with Gasteiger partial charge in [0.15, 0.2) is 0 Å². The van der Waals surface area contributed by atoms with Crippen LogP contribution in [0.4, 0.5) is 8.78 Å². The molecule has 0 aliphatic heterocycles. The fraction of sp³-hybridized carbons (Fsp3) is 0.769. The lowest BCUT2D eigenvalue weighted by Crippen LogP contribution is -2.30. The SMILES string of the molecule is CCc1cc(CC(CCOCC(F)F)NC)n(C)n1. The van der Waals surface area contributed by atoms with Crippen LogP contribution < -0.4 is 5.32 Å². The smallest absolute Gasteiger partial charge is 0.261 e. The summed E-state index contributed by atoms with van der Waals surface area (Å²) in [4.78, 5) is 0. The lowest BCUT2D eigenvalue weighted by molar-refractivity contribution is 0.0145. The molecule has 0 fully saturated rings. The molecule has 0 radical (unpaired) electrons. The summed E-state index contributed by atoms with van der Waals surface area (Å²) in [7, 11) is 3.80. The van der Waals surface area contributed by atoms with Crippen molar-refractivity contribution < 1.29 is 13.5 Å². The molecular weight excluding hydrogens is 252 g/mol. The number of hydrogen-bond acceptors (Lipinski definition) is 3. The molecule has 0 aliphatic rings. The highest BCUT2D eigenvalue weighted by Crippen LogP contribution is 2.09. The monoisotopic (exact) mass is 275 g/mol. The third kappa shape index (κ3) is 5.65. The predicted octanol–water partition coefficient (Wildman–Crippen LogP) is 1.78. The van der Waals surface area contributed by atoms with Crippen molar-refractivity contribution in [1.29, 1.82) is 0 Å². The summed E-state index contributed by atoms with van der Waals surface area (Å²) in [6.45, 7) is 1.93. The molecule has 1 heterocycles. The van der Waals surface area contributed by atoms with Crippen molar-refractivity contribution in [3.05, 3.63) is 17.5 Å². The molecule has 0 aromatic carbocycles. The molecule has 1 N–H and O–H groups in total.